The van der Waals surface area contributed by atoms with Gasteiger partial charge in [0.2, 0.25) is 15.0 Å². The standard InChI is InChI=1S/C15H17N3O2S/c1-10(2)9-18-14-11-6-4-5-7-12(11)16-8-13(14)17-15(18)21(3,19)20/h4-8,10H,9H2,1-3H3. The maximum Gasteiger partial charge on any atom is 0.228 e. The molecule has 0 spiro atoms. The lowest BCUT2D eigenvalue weighted by Crippen LogP contribution is -2.12. The first-order chi connectivity index (χ1) is 9.88. The van der Waals surface area contributed by atoms with Crippen LogP contribution >= 0.6 is 0 Å². The molecule has 21 heavy (non-hydrogen) atoms. The molecule has 0 saturated carbocycles. The first-order valence-electron chi connectivity index (χ1n) is 6.82. The first-order valence-corrected chi connectivity index (χ1v) is 8.71. The normalized spacial score (nSPS) is 12.6. The van der Waals surface area contributed by atoms with Crippen LogP contribution in [0.1, 0.15) is 13.8 Å². The third-order valence-electron chi connectivity index (χ3n) is 3.32. The molecular formula is C15H17N3O2S. The van der Waals surface area contributed by atoms with Gasteiger partial charge in [-0.3, -0.25) is 4.98 Å². The minimum atomic E-state index is -3.39. The summed E-state index contributed by atoms with van der Waals surface area (Å²) in [6.07, 6.45) is 2.84. The Balaban J connectivity index is 2.47. The van der Waals surface area contributed by atoms with Gasteiger partial charge in [-0.1, -0.05) is 32.0 Å². The molecule has 0 atom stereocenters. The molecule has 6 heteroatoms. The predicted octanol–water partition coefficient (Wildman–Crippen LogP) is 2.64. The molecule has 0 aliphatic heterocycles. The van der Waals surface area contributed by atoms with Crippen molar-refractivity contribution in [2.45, 2.75) is 25.5 Å². The summed E-state index contributed by atoms with van der Waals surface area (Å²) in [5.41, 5.74) is 2.31. The fourth-order valence-electron chi connectivity index (χ4n) is 2.56. The summed E-state index contributed by atoms with van der Waals surface area (Å²) < 4.78 is 25.9. The van der Waals surface area contributed by atoms with Crippen molar-refractivity contribution in [3.8, 4) is 0 Å². The summed E-state index contributed by atoms with van der Waals surface area (Å²) in [5, 5.41) is 1.04. The SMILES string of the molecule is CC(C)Cn1c(S(C)(=O)=O)nc2cnc3ccccc3c21. The maximum atomic E-state index is 12.0. The molecule has 3 aromatic rings. The monoisotopic (exact) mass is 303 g/mol. The second-order valence-electron chi connectivity index (χ2n) is 5.68. The molecule has 3 rings (SSSR count). The van der Waals surface area contributed by atoms with Crippen molar-refractivity contribution in [3.63, 3.8) is 0 Å². The molecular weight excluding hydrogens is 286 g/mol. The molecule has 110 valence electrons. The Kier molecular flexibility index (Phi) is 3.20. The molecule has 0 saturated heterocycles. The summed E-state index contributed by atoms with van der Waals surface area (Å²) in [6.45, 7) is 4.72. The van der Waals surface area contributed by atoms with E-state index in [1.165, 1.54) is 6.26 Å². The molecule has 2 aromatic heterocycles. The Morgan fingerprint density at radius 3 is 2.57 bits per heavy atom. The van der Waals surface area contributed by atoms with Crippen molar-refractivity contribution in [1.29, 1.82) is 0 Å². The van der Waals surface area contributed by atoms with Gasteiger partial charge in [-0.2, -0.15) is 0 Å². The fraction of sp³-hybridized carbons (Fsp3) is 0.333. The smallest absolute Gasteiger partial charge is 0.228 e. The fourth-order valence-corrected chi connectivity index (χ4v) is 3.39. The predicted molar refractivity (Wildman–Crippen MR) is 83.0 cm³/mol. The van der Waals surface area contributed by atoms with Crippen LogP contribution in [0.15, 0.2) is 35.6 Å². The number of hydrogen-bond donors (Lipinski definition) is 0. The van der Waals surface area contributed by atoms with Crippen LogP contribution in [0, 0.1) is 5.92 Å². The number of rotatable bonds is 3. The number of fused-ring (bicyclic) bond motifs is 3. The van der Waals surface area contributed by atoms with Gasteiger partial charge in [0.15, 0.2) is 0 Å². The van der Waals surface area contributed by atoms with E-state index in [2.05, 4.69) is 23.8 Å². The van der Waals surface area contributed by atoms with Gasteiger partial charge >= 0.3 is 0 Å². The van der Waals surface area contributed by atoms with Gasteiger partial charge in [-0.05, 0) is 12.0 Å². The minimum Gasteiger partial charge on any atom is -0.314 e. The average molecular weight is 303 g/mol. The third-order valence-corrected chi connectivity index (χ3v) is 4.30. The molecule has 2 heterocycles. The van der Waals surface area contributed by atoms with Gasteiger partial charge in [0, 0.05) is 18.2 Å². The zero-order valence-electron chi connectivity index (χ0n) is 12.2. The number of benzene rings is 1. The van der Waals surface area contributed by atoms with Crippen molar-refractivity contribution in [2.24, 2.45) is 5.92 Å². The molecule has 0 unspecified atom stereocenters. The summed E-state index contributed by atoms with van der Waals surface area (Å²) in [5.74, 6) is 0.315. The van der Waals surface area contributed by atoms with Crippen LogP contribution in [0.3, 0.4) is 0 Å². The summed E-state index contributed by atoms with van der Waals surface area (Å²) in [7, 11) is -3.39. The highest BCUT2D eigenvalue weighted by molar-refractivity contribution is 7.90. The van der Waals surface area contributed by atoms with Gasteiger partial charge in [-0.15, -0.1) is 0 Å². The van der Waals surface area contributed by atoms with Crippen LogP contribution in [0.2, 0.25) is 0 Å². The third kappa shape index (κ3) is 2.40. The number of aromatic nitrogens is 3. The zero-order valence-corrected chi connectivity index (χ0v) is 13.1. The molecule has 0 aliphatic rings. The largest absolute Gasteiger partial charge is 0.314 e. The van der Waals surface area contributed by atoms with Crippen LogP contribution < -0.4 is 0 Å². The number of imidazole rings is 1. The number of nitrogens with zero attached hydrogens (tertiary/aromatic N) is 3. The molecule has 0 fully saturated rings. The topological polar surface area (TPSA) is 64.8 Å². The molecule has 5 nitrogen and oxygen atoms in total. The van der Waals surface area contributed by atoms with Crippen LogP contribution in [-0.4, -0.2) is 29.2 Å². The van der Waals surface area contributed by atoms with Crippen molar-refractivity contribution in [3.05, 3.63) is 30.5 Å². The summed E-state index contributed by atoms with van der Waals surface area (Å²) in [4.78, 5) is 8.65. The van der Waals surface area contributed by atoms with E-state index in [9.17, 15) is 8.42 Å². The average Bonchev–Trinajstić information content (AvgIpc) is 2.77. The van der Waals surface area contributed by atoms with Crippen molar-refractivity contribution >= 4 is 31.8 Å². The van der Waals surface area contributed by atoms with Crippen LogP contribution in [0.4, 0.5) is 0 Å². The van der Waals surface area contributed by atoms with E-state index in [-0.39, 0.29) is 5.16 Å². The van der Waals surface area contributed by atoms with Crippen LogP contribution in [0.5, 0.6) is 0 Å². The Morgan fingerprint density at radius 1 is 1.19 bits per heavy atom. The molecule has 0 radical (unpaired) electrons. The van der Waals surface area contributed by atoms with Gasteiger partial charge in [0.05, 0.1) is 17.2 Å². The maximum absolute atomic E-state index is 12.0. The first kappa shape index (κ1) is 14.0. The van der Waals surface area contributed by atoms with E-state index in [4.69, 9.17) is 0 Å². The number of hydrogen-bond acceptors (Lipinski definition) is 4. The molecule has 0 amide bonds. The Hall–Kier alpha value is -1.95. The van der Waals surface area contributed by atoms with Gasteiger partial charge in [0.25, 0.3) is 0 Å². The highest BCUT2D eigenvalue weighted by Crippen LogP contribution is 2.27. The highest BCUT2D eigenvalue weighted by atomic mass is 32.2. The van der Waals surface area contributed by atoms with E-state index >= 15 is 0 Å². The molecule has 0 bridgehead atoms. The van der Waals surface area contributed by atoms with Crippen LogP contribution in [-0.2, 0) is 16.4 Å². The zero-order chi connectivity index (χ0) is 15.2. The number of pyridine rings is 1. The van der Waals surface area contributed by atoms with E-state index < -0.39 is 9.84 Å². The Bertz CT molecular complexity index is 927. The lowest BCUT2D eigenvalue weighted by Gasteiger charge is -2.11. The van der Waals surface area contributed by atoms with Crippen molar-refractivity contribution < 1.29 is 8.42 Å². The Labute approximate surface area is 123 Å². The van der Waals surface area contributed by atoms with E-state index in [0.717, 1.165) is 16.4 Å². The summed E-state index contributed by atoms with van der Waals surface area (Å²) in [6, 6.07) is 7.72. The number of para-hydroxylation sites is 1. The van der Waals surface area contributed by atoms with Crippen LogP contribution in [0.25, 0.3) is 21.9 Å². The second kappa shape index (κ2) is 4.80. The van der Waals surface area contributed by atoms with E-state index in [1.54, 1.807) is 10.8 Å². The number of sulfone groups is 1. The summed E-state index contributed by atoms with van der Waals surface area (Å²) >= 11 is 0. The lowest BCUT2D eigenvalue weighted by molar-refractivity contribution is 0.494. The van der Waals surface area contributed by atoms with E-state index in [0.29, 0.717) is 18.0 Å². The molecule has 1 aromatic carbocycles. The van der Waals surface area contributed by atoms with Crippen molar-refractivity contribution in [1.82, 2.24) is 14.5 Å². The highest BCUT2D eigenvalue weighted by Gasteiger charge is 2.21. The van der Waals surface area contributed by atoms with E-state index in [1.807, 2.05) is 24.3 Å². The van der Waals surface area contributed by atoms with Gasteiger partial charge < -0.3 is 4.57 Å². The quantitative estimate of drug-likeness (QED) is 0.746. The Morgan fingerprint density at radius 2 is 1.90 bits per heavy atom. The van der Waals surface area contributed by atoms with Gasteiger partial charge in [0.1, 0.15) is 5.52 Å². The molecule has 0 N–H and O–H groups in total. The second-order valence-corrected chi connectivity index (χ2v) is 7.59. The van der Waals surface area contributed by atoms with Crippen molar-refractivity contribution in [2.75, 3.05) is 6.26 Å². The van der Waals surface area contributed by atoms with Gasteiger partial charge in [-0.25, -0.2) is 13.4 Å². The minimum absolute atomic E-state index is 0.115. The molecule has 0 aliphatic carbocycles. The lowest BCUT2D eigenvalue weighted by atomic mass is 10.2.